The quantitative estimate of drug-likeness (QED) is 0.673. The van der Waals surface area contributed by atoms with E-state index in [1.54, 1.807) is 13.8 Å². The van der Waals surface area contributed by atoms with Crippen molar-refractivity contribution in [2.45, 2.75) is 45.5 Å². The summed E-state index contributed by atoms with van der Waals surface area (Å²) in [6.45, 7) is 4.59. The Morgan fingerprint density at radius 3 is 2.15 bits per heavy atom. The molecule has 0 bridgehead atoms. The molecule has 3 amide bonds. The molecular formula is C17H22F3N3O3. The Labute approximate surface area is 149 Å². The molecule has 6 nitrogen and oxygen atoms in total. The van der Waals surface area contributed by atoms with Crippen molar-refractivity contribution in [3.8, 4) is 0 Å². The van der Waals surface area contributed by atoms with E-state index in [0.717, 1.165) is 6.07 Å². The third-order valence-corrected chi connectivity index (χ3v) is 3.71. The van der Waals surface area contributed by atoms with Crippen LogP contribution in [0.2, 0.25) is 0 Å². The fraction of sp³-hybridized carbons (Fsp3) is 0.471. The minimum absolute atomic E-state index is 0.162. The number of nitrogens with one attached hydrogen (secondary N) is 2. The number of hydrogen-bond acceptors (Lipinski definition) is 3. The number of alkyl halides is 3. The summed E-state index contributed by atoms with van der Waals surface area (Å²) < 4.78 is 39.3. The van der Waals surface area contributed by atoms with E-state index in [1.165, 1.54) is 25.1 Å². The average Bonchev–Trinajstić information content (AvgIpc) is 2.50. The molecule has 144 valence electrons. The van der Waals surface area contributed by atoms with Gasteiger partial charge < -0.3 is 16.4 Å². The van der Waals surface area contributed by atoms with Crippen molar-refractivity contribution in [3.05, 3.63) is 35.4 Å². The maximum Gasteiger partial charge on any atom is 0.416 e. The molecule has 0 radical (unpaired) electrons. The van der Waals surface area contributed by atoms with Gasteiger partial charge in [-0.3, -0.25) is 14.4 Å². The van der Waals surface area contributed by atoms with Crippen LogP contribution >= 0.6 is 0 Å². The van der Waals surface area contributed by atoms with Crippen LogP contribution in [0.4, 0.5) is 13.2 Å². The first kappa shape index (κ1) is 21.5. The summed E-state index contributed by atoms with van der Waals surface area (Å²) in [6, 6.07) is 2.46. The van der Waals surface area contributed by atoms with Crippen molar-refractivity contribution >= 4 is 17.7 Å². The molecule has 1 aromatic rings. The minimum atomic E-state index is -4.60. The van der Waals surface area contributed by atoms with Gasteiger partial charge >= 0.3 is 6.18 Å². The summed E-state index contributed by atoms with van der Waals surface area (Å²) in [7, 11) is 0. The highest BCUT2D eigenvalue weighted by Gasteiger charge is 2.34. The van der Waals surface area contributed by atoms with Crippen molar-refractivity contribution in [3.63, 3.8) is 0 Å². The van der Waals surface area contributed by atoms with Gasteiger partial charge in [-0.25, -0.2) is 0 Å². The number of carbonyl (C=O) groups is 3. The number of halogens is 3. The molecule has 26 heavy (non-hydrogen) atoms. The molecule has 0 aliphatic heterocycles. The average molecular weight is 373 g/mol. The maximum atomic E-state index is 13.1. The summed E-state index contributed by atoms with van der Waals surface area (Å²) in [4.78, 5) is 35.2. The first-order valence-corrected chi connectivity index (χ1v) is 7.95. The number of benzene rings is 1. The molecule has 0 aromatic heterocycles. The lowest BCUT2D eigenvalue weighted by Gasteiger charge is -2.24. The van der Waals surface area contributed by atoms with E-state index in [9.17, 15) is 27.6 Å². The van der Waals surface area contributed by atoms with Crippen molar-refractivity contribution < 1.29 is 27.6 Å². The van der Waals surface area contributed by atoms with Crippen molar-refractivity contribution in [1.29, 1.82) is 0 Å². The smallest absolute Gasteiger partial charge is 0.368 e. The minimum Gasteiger partial charge on any atom is -0.368 e. The second kappa shape index (κ2) is 8.68. The summed E-state index contributed by atoms with van der Waals surface area (Å²) in [6.07, 6.45) is -5.01. The normalized spacial score (nSPS) is 13.8. The number of carbonyl (C=O) groups excluding carboxylic acids is 3. The summed E-state index contributed by atoms with van der Waals surface area (Å²) in [5, 5.41) is 4.77. The second-order valence-corrected chi connectivity index (χ2v) is 6.24. The van der Waals surface area contributed by atoms with Gasteiger partial charge in [0.05, 0.1) is 5.56 Å². The number of nitrogens with two attached hydrogens (primary N) is 1. The Hall–Kier alpha value is -2.58. The van der Waals surface area contributed by atoms with Gasteiger partial charge in [0.1, 0.15) is 12.1 Å². The Bertz CT molecular complexity index is 675. The molecule has 9 heteroatoms. The highest BCUT2D eigenvalue weighted by Crippen LogP contribution is 2.32. The third kappa shape index (κ3) is 6.05. The lowest BCUT2D eigenvalue weighted by atomic mass is 9.98. The van der Waals surface area contributed by atoms with E-state index in [2.05, 4.69) is 10.6 Å². The highest BCUT2D eigenvalue weighted by atomic mass is 19.4. The van der Waals surface area contributed by atoms with Gasteiger partial charge in [-0.05, 0) is 17.5 Å². The zero-order valence-electron chi connectivity index (χ0n) is 14.7. The summed E-state index contributed by atoms with van der Waals surface area (Å²) in [5.74, 6) is -2.41. The van der Waals surface area contributed by atoms with Crippen LogP contribution in [0.5, 0.6) is 0 Å². The fourth-order valence-electron chi connectivity index (χ4n) is 2.43. The molecule has 0 aliphatic rings. The van der Waals surface area contributed by atoms with Gasteiger partial charge in [-0.2, -0.15) is 13.2 Å². The summed E-state index contributed by atoms with van der Waals surface area (Å²) in [5.41, 5.74) is 4.18. The monoisotopic (exact) mass is 373 g/mol. The molecule has 2 atom stereocenters. The molecule has 4 N–H and O–H groups in total. The van der Waals surface area contributed by atoms with Gasteiger partial charge in [0.2, 0.25) is 17.7 Å². The predicted molar refractivity (Wildman–Crippen MR) is 88.7 cm³/mol. The Kier molecular flexibility index (Phi) is 7.17. The van der Waals surface area contributed by atoms with Gasteiger partial charge in [-0.15, -0.1) is 0 Å². The highest BCUT2D eigenvalue weighted by molar-refractivity contribution is 5.91. The van der Waals surface area contributed by atoms with Crippen LogP contribution in [0.25, 0.3) is 0 Å². The lowest BCUT2D eigenvalue weighted by molar-refractivity contribution is -0.138. The Balaban J connectivity index is 3.03. The zero-order valence-corrected chi connectivity index (χ0v) is 14.7. The largest absolute Gasteiger partial charge is 0.416 e. The van der Waals surface area contributed by atoms with Crippen LogP contribution in [0.1, 0.15) is 31.9 Å². The van der Waals surface area contributed by atoms with Crippen LogP contribution in [0, 0.1) is 5.92 Å². The molecule has 0 heterocycles. The van der Waals surface area contributed by atoms with Gasteiger partial charge in [0.25, 0.3) is 0 Å². The molecule has 0 saturated carbocycles. The van der Waals surface area contributed by atoms with Crippen LogP contribution in [0.3, 0.4) is 0 Å². The zero-order chi connectivity index (χ0) is 20.1. The molecule has 1 aromatic carbocycles. The molecule has 0 spiro atoms. The first-order chi connectivity index (χ1) is 11.9. The fourth-order valence-corrected chi connectivity index (χ4v) is 2.43. The van der Waals surface area contributed by atoms with Crippen LogP contribution in [0.15, 0.2) is 24.3 Å². The van der Waals surface area contributed by atoms with Gasteiger partial charge in [-0.1, -0.05) is 32.0 Å². The van der Waals surface area contributed by atoms with E-state index in [1.807, 2.05) is 0 Å². The molecule has 0 fully saturated rings. The third-order valence-electron chi connectivity index (χ3n) is 3.71. The number of rotatable bonds is 7. The molecule has 0 aliphatic carbocycles. The first-order valence-electron chi connectivity index (χ1n) is 7.95. The lowest BCUT2D eigenvalue weighted by Crippen LogP contribution is -2.55. The van der Waals surface area contributed by atoms with E-state index >= 15 is 0 Å². The van der Waals surface area contributed by atoms with E-state index in [0.29, 0.717) is 0 Å². The number of primary amides is 1. The van der Waals surface area contributed by atoms with E-state index in [4.69, 9.17) is 5.73 Å². The standard InChI is InChI=1S/C17H22F3N3O3/c1-9(2)14(22-10(3)24)16(26)23-13(15(21)25)8-11-6-4-5-7-12(11)17(18,19)20/h4-7,9,13-14H,8H2,1-3H3,(H2,21,25)(H,22,24)(H,23,26)/t13-,14-/m1/s1. The van der Waals surface area contributed by atoms with Crippen molar-refractivity contribution in [1.82, 2.24) is 10.6 Å². The maximum absolute atomic E-state index is 13.1. The molecule has 0 unspecified atom stereocenters. The second-order valence-electron chi connectivity index (χ2n) is 6.24. The van der Waals surface area contributed by atoms with Crippen molar-refractivity contribution in [2.75, 3.05) is 0 Å². The van der Waals surface area contributed by atoms with Crippen LogP contribution in [-0.4, -0.2) is 29.8 Å². The topological polar surface area (TPSA) is 101 Å². The Morgan fingerprint density at radius 2 is 1.69 bits per heavy atom. The SMILES string of the molecule is CC(=O)N[C@@H](C(=O)N[C@H](Cc1ccccc1C(F)(F)F)C(N)=O)C(C)C. The number of hydrogen-bond donors (Lipinski definition) is 3. The molecular weight excluding hydrogens is 351 g/mol. The summed E-state index contributed by atoms with van der Waals surface area (Å²) >= 11 is 0. The van der Waals surface area contributed by atoms with Gasteiger partial charge in [0, 0.05) is 13.3 Å². The van der Waals surface area contributed by atoms with Crippen LogP contribution < -0.4 is 16.4 Å². The Morgan fingerprint density at radius 1 is 1.12 bits per heavy atom. The van der Waals surface area contributed by atoms with Crippen LogP contribution in [-0.2, 0) is 27.0 Å². The van der Waals surface area contributed by atoms with E-state index < -0.39 is 48.0 Å². The van der Waals surface area contributed by atoms with E-state index in [-0.39, 0.29) is 11.5 Å². The predicted octanol–water partition coefficient (Wildman–Crippen LogP) is 1.38. The molecule has 1 rings (SSSR count). The van der Waals surface area contributed by atoms with Gasteiger partial charge in [0.15, 0.2) is 0 Å². The number of amides is 3. The van der Waals surface area contributed by atoms with Crippen molar-refractivity contribution in [2.24, 2.45) is 11.7 Å². The molecule has 0 saturated heterocycles.